The third-order valence-electron chi connectivity index (χ3n) is 2.60. The first kappa shape index (κ1) is 11.6. The van der Waals surface area contributed by atoms with E-state index in [2.05, 4.69) is 44.0 Å². The van der Waals surface area contributed by atoms with E-state index in [4.69, 9.17) is 5.73 Å². The number of nitrogens with two attached hydrogens (primary N) is 1. The van der Waals surface area contributed by atoms with Gasteiger partial charge in [0.05, 0.1) is 16.3 Å². The van der Waals surface area contributed by atoms with E-state index in [-0.39, 0.29) is 6.04 Å². The van der Waals surface area contributed by atoms with Crippen LogP contribution in [0.4, 0.5) is 0 Å². The lowest BCUT2D eigenvalue weighted by Gasteiger charge is -2.10. The monoisotopic (exact) mass is 234 g/mol. The topological polar surface area (TPSA) is 38.9 Å². The summed E-state index contributed by atoms with van der Waals surface area (Å²) >= 11 is 1.73. The van der Waals surface area contributed by atoms with E-state index < -0.39 is 0 Å². The Kier molecular flexibility index (Phi) is 3.26. The predicted octanol–water partition coefficient (Wildman–Crippen LogP) is 3.65. The molecule has 2 N–H and O–H groups in total. The molecule has 1 unspecified atom stereocenters. The number of aromatic nitrogens is 1. The number of aryl methyl sites for hydroxylation is 1. The first-order valence-electron chi connectivity index (χ1n) is 5.69. The zero-order chi connectivity index (χ0) is 11.7. The average Bonchev–Trinajstić information content (AvgIpc) is 2.59. The average molecular weight is 234 g/mol. The van der Waals surface area contributed by atoms with Crippen molar-refractivity contribution in [1.82, 2.24) is 4.98 Å². The van der Waals surface area contributed by atoms with Gasteiger partial charge in [0.25, 0.3) is 0 Å². The molecule has 0 saturated heterocycles. The molecule has 0 fully saturated rings. The van der Waals surface area contributed by atoms with Gasteiger partial charge in [-0.05, 0) is 37.0 Å². The quantitative estimate of drug-likeness (QED) is 0.880. The van der Waals surface area contributed by atoms with Crippen LogP contribution in [0.1, 0.15) is 36.9 Å². The minimum atomic E-state index is 0.0812. The smallest absolute Gasteiger partial charge is 0.111 e. The van der Waals surface area contributed by atoms with Crippen molar-refractivity contribution in [2.24, 2.45) is 11.7 Å². The van der Waals surface area contributed by atoms with Crippen LogP contribution in [0.25, 0.3) is 10.2 Å². The van der Waals surface area contributed by atoms with E-state index in [0.717, 1.165) is 16.9 Å². The number of hydrogen-bond acceptors (Lipinski definition) is 3. The molecule has 1 heterocycles. The standard InChI is InChI=1S/C13H18N2S/c1-8(2)6-10(14)13-15-11-5-4-9(3)7-12(11)16-13/h4-5,7-8,10H,6,14H2,1-3H3. The summed E-state index contributed by atoms with van der Waals surface area (Å²) in [6, 6.07) is 6.43. The summed E-state index contributed by atoms with van der Waals surface area (Å²) < 4.78 is 1.24. The Hall–Kier alpha value is -0.930. The van der Waals surface area contributed by atoms with E-state index >= 15 is 0 Å². The highest BCUT2D eigenvalue weighted by atomic mass is 32.1. The van der Waals surface area contributed by atoms with Crippen LogP contribution >= 0.6 is 11.3 Å². The highest BCUT2D eigenvalue weighted by Gasteiger charge is 2.13. The van der Waals surface area contributed by atoms with Gasteiger partial charge in [-0.1, -0.05) is 19.9 Å². The van der Waals surface area contributed by atoms with Gasteiger partial charge >= 0.3 is 0 Å². The lowest BCUT2D eigenvalue weighted by molar-refractivity contribution is 0.509. The predicted molar refractivity (Wildman–Crippen MR) is 70.7 cm³/mol. The molecule has 86 valence electrons. The van der Waals surface area contributed by atoms with Crippen LogP contribution < -0.4 is 5.73 Å². The van der Waals surface area contributed by atoms with Crippen LogP contribution in [0.2, 0.25) is 0 Å². The van der Waals surface area contributed by atoms with Crippen molar-refractivity contribution >= 4 is 21.6 Å². The summed E-state index contributed by atoms with van der Waals surface area (Å²) in [6.45, 7) is 6.49. The third kappa shape index (κ3) is 2.42. The molecule has 2 rings (SSSR count). The van der Waals surface area contributed by atoms with E-state index in [1.165, 1.54) is 10.3 Å². The Morgan fingerprint density at radius 3 is 2.81 bits per heavy atom. The van der Waals surface area contributed by atoms with E-state index in [1.54, 1.807) is 11.3 Å². The molecule has 0 aliphatic carbocycles. The Morgan fingerprint density at radius 2 is 2.12 bits per heavy atom. The zero-order valence-electron chi connectivity index (χ0n) is 10.0. The fourth-order valence-corrected chi connectivity index (χ4v) is 2.90. The number of hydrogen-bond donors (Lipinski definition) is 1. The number of benzene rings is 1. The molecule has 0 amide bonds. The highest BCUT2D eigenvalue weighted by molar-refractivity contribution is 7.18. The summed E-state index contributed by atoms with van der Waals surface area (Å²) in [6.07, 6.45) is 0.999. The largest absolute Gasteiger partial charge is 0.322 e. The molecule has 0 radical (unpaired) electrons. The molecule has 0 bridgehead atoms. The second kappa shape index (κ2) is 4.52. The van der Waals surface area contributed by atoms with Gasteiger partial charge in [-0.15, -0.1) is 11.3 Å². The summed E-state index contributed by atoms with van der Waals surface area (Å²) in [5, 5.41) is 1.06. The van der Waals surface area contributed by atoms with Gasteiger partial charge in [0.15, 0.2) is 0 Å². The number of rotatable bonds is 3. The molecule has 0 aliphatic rings. The maximum absolute atomic E-state index is 6.15. The summed E-state index contributed by atoms with van der Waals surface area (Å²) in [5.41, 5.74) is 8.50. The molecule has 1 atom stereocenters. The molecule has 0 saturated carbocycles. The van der Waals surface area contributed by atoms with Gasteiger partial charge in [-0.2, -0.15) is 0 Å². The number of thiazole rings is 1. The van der Waals surface area contributed by atoms with Crippen LogP contribution in [0.3, 0.4) is 0 Å². The van der Waals surface area contributed by atoms with E-state index in [1.807, 2.05) is 0 Å². The SMILES string of the molecule is Cc1ccc2nc(C(N)CC(C)C)sc2c1. The second-order valence-corrected chi connectivity index (χ2v) is 5.82. The fraction of sp³-hybridized carbons (Fsp3) is 0.462. The Labute approximate surface area is 101 Å². The Balaban J connectivity index is 2.32. The van der Waals surface area contributed by atoms with E-state index in [9.17, 15) is 0 Å². The molecular weight excluding hydrogens is 216 g/mol. The highest BCUT2D eigenvalue weighted by Crippen LogP contribution is 2.28. The van der Waals surface area contributed by atoms with Crippen molar-refractivity contribution in [3.8, 4) is 0 Å². The fourth-order valence-electron chi connectivity index (χ4n) is 1.82. The first-order chi connectivity index (χ1) is 7.56. The summed E-state index contributed by atoms with van der Waals surface area (Å²) in [4.78, 5) is 4.60. The second-order valence-electron chi connectivity index (χ2n) is 4.76. The van der Waals surface area contributed by atoms with Gasteiger partial charge < -0.3 is 5.73 Å². The molecule has 1 aromatic carbocycles. The number of fused-ring (bicyclic) bond motifs is 1. The van der Waals surface area contributed by atoms with Crippen molar-refractivity contribution in [1.29, 1.82) is 0 Å². The summed E-state index contributed by atoms with van der Waals surface area (Å²) in [7, 11) is 0. The van der Waals surface area contributed by atoms with Crippen LogP contribution in [-0.4, -0.2) is 4.98 Å². The van der Waals surface area contributed by atoms with Gasteiger partial charge in [0.2, 0.25) is 0 Å². The molecule has 3 heteroatoms. The Bertz CT molecular complexity index is 488. The van der Waals surface area contributed by atoms with Gasteiger partial charge in [0.1, 0.15) is 5.01 Å². The minimum Gasteiger partial charge on any atom is -0.322 e. The molecular formula is C13H18N2S. The maximum Gasteiger partial charge on any atom is 0.111 e. The molecule has 0 aliphatic heterocycles. The Morgan fingerprint density at radius 1 is 1.38 bits per heavy atom. The lowest BCUT2D eigenvalue weighted by atomic mass is 10.1. The van der Waals surface area contributed by atoms with Gasteiger partial charge in [-0.3, -0.25) is 0 Å². The van der Waals surface area contributed by atoms with Crippen LogP contribution in [0.15, 0.2) is 18.2 Å². The molecule has 2 nitrogen and oxygen atoms in total. The van der Waals surface area contributed by atoms with Crippen LogP contribution in [-0.2, 0) is 0 Å². The first-order valence-corrected chi connectivity index (χ1v) is 6.50. The normalized spacial score (nSPS) is 13.6. The third-order valence-corrected chi connectivity index (χ3v) is 3.75. The van der Waals surface area contributed by atoms with Crippen LogP contribution in [0, 0.1) is 12.8 Å². The molecule has 1 aromatic heterocycles. The molecule has 0 spiro atoms. The van der Waals surface area contributed by atoms with E-state index in [0.29, 0.717) is 5.92 Å². The van der Waals surface area contributed by atoms with Crippen LogP contribution in [0.5, 0.6) is 0 Å². The number of nitrogens with zero attached hydrogens (tertiary/aromatic N) is 1. The lowest BCUT2D eigenvalue weighted by Crippen LogP contribution is -2.12. The molecule has 16 heavy (non-hydrogen) atoms. The van der Waals surface area contributed by atoms with Gasteiger partial charge in [0, 0.05) is 0 Å². The van der Waals surface area contributed by atoms with Gasteiger partial charge in [-0.25, -0.2) is 4.98 Å². The van der Waals surface area contributed by atoms with Crippen molar-refractivity contribution < 1.29 is 0 Å². The molecule has 2 aromatic rings. The minimum absolute atomic E-state index is 0.0812. The summed E-state index contributed by atoms with van der Waals surface area (Å²) in [5.74, 6) is 0.615. The zero-order valence-corrected chi connectivity index (χ0v) is 10.8. The van der Waals surface area contributed by atoms with Crippen molar-refractivity contribution in [3.63, 3.8) is 0 Å². The maximum atomic E-state index is 6.15. The van der Waals surface area contributed by atoms with Crippen molar-refractivity contribution in [2.45, 2.75) is 33.2 Å². The van der Waals surface area contributed by atoms with Crippen molar-refractivity contribution in [3.05, 3.63) is 28.8 Å². The van der Waals surface area contributed by atoms with Crippen molar-refractivity contribution in [2.75, 3.05) is 0 Å².